The second-order valence-corrected chi connectivity index (χ2v) is 1.21. The molecule has 0 saturated carbocycles. The summed E-state index contributed by atoms with van der Waals surface area (Å²) in [5.41, 5.74) is 0. The van der Waals surface area contributed by atoms with Crippen LogP contribution >= 0.6 is 0 Å². The number of hydrogen-bond acceptors (Lipinski definition) is 2. The van der Waals surface area contributed by atoms with Gasteiger partial charge in [0.05, 0.1) is 0 Å². The van der Waals surface area contributed by atoms with Gasteiger partial charge in [0, 0.05) is 10.5 Å². The number of carbonyl (C=O) groups is 1. The molecule has 3 nitrogen and oxygen atoms in total. The van der Waals surface area contributed by atoms with E-state index in [0.717, 1.165) is 0 Å². The van der Waals surface area contributed by atoms with Crippen molar-refractivity contribution in [1.29, 1.82) is 0 Å². The average molecular weight is 120 g/mol. The third-order valence-corrected chi connectivity index (χ3v) is 0.532. The largest absolute Gasteiger partial charge is 0.481 e. The number of nitrogens with one attached hydrogen (secondary N) is 1. The van der Waals surface area contributed by atoms with Crippen LogP contribution in [0, 0.1) is 0 Å². The van der Waals surface area contributed by atoms with Gasteiger partial charge in [-0.15, -0.1) is 0 Å². The van der Waals surface area contributed by atoms with Crippen LogP contribution in [0.5, 0.6) is 0 Å². The Balaban J connectivity index is 4.17. The van der Waals surface area contributed by atoms with Crippen molar-refractivity contribution in [3.8, 4) is 0 Å². The van der Waals surface area contributed by atoms with Gasteiger partial charge in [0.1, 0.15) is 0 Å². The van der Waals surface area contributed by atoms with Crippen LogP contribution in [0.25, 0.3) is 0 Å². The monoisotopic (exact) mass is 120 g/mol. The van der Waals surface area contributed by atoms with E-state index in [-0.39, 0.29) is 6.54 Å². The predicted molar refractivity (Wildman–Crippen MR) is 30.8 cm³/mol. The van der Waals surface area contributed by atoms with Crippen molar-refractivity contribution < 1.29 is 14.0 Å². The van der Waals surface area contributed by atoms with E-state index >= 15 is 0 Å². The minimum atomic E-state index is -2.47. The summed E-state index contributed by atoms with van der Waals surface area (Å²) in [6.45, 7) is 0.0271. The molecule has 2 N–H and O–H groups in total. The highest BCUT2D eigenvalue weighted by Crippen LogP contribution is 1.83. The molecule has 48 valence electrons. The van der Waals surface area contributed by atoms with Gasteiger partial charge in [-0.05, 0) is 20.0 Å². The number of aliphatic carboxylic acids is 1. The van der Waals surface area contributed by atoms with Crippen LogP contribution in [-0.2, 0) is 4.79 Å². The van der Waals surface area contributed by atoms with Crippen LogP contribution in [-0.4, -0.2) is 24.7 Å². The molecule has 3 heteroatoms. The van der Waals surface area contributed by atoms with E-state index in [0.29, 0.717) is 0 Å². The first-order chi connectivity index (χ1) is 4.92. The maximum Gasteiger partial charge on any atom is 0.303 e. The van der Waals surface area contributed by atoms with Crippen LogP contribution in [0.15, 0.2) is 0 Å². The SMILES string of the molecule is [2H]C(CNC)C([2H])([2H])C(=O)O. The molecule has 0 aliphatic heterocycles. The zero-order valence-electron chi connectivity index (χ0n) is 7.64. The predicted octanol–water partition coefficient (Wildman–Crippen LogP) is 0.0706. The maximum absolute atomic E-state index is 10.2. The van der Waals surface area contributed by atoms with Gasteiger partial charge in [0.25, 0.3) is 0 Å². The lowest BCUT2D eigenvalue weighted by Gasteiger charge is -1.92. The molecule has 0 aromatic heterocycles. The summed E-state index contributed by atoms with van der Waals surface area (Å²) in [7, 11) is 1.54. The second-order valence-electron chi connectivity index (χ2n) is 1.21. The van der Waals surface area contributed by atoms with Crippen molar-refractivity contribution in [2.45, 2.75) is 12.8 Å². The zero-order chi connectivity index (χ0) is 9.07. The summed E-state index contributed by atoms with van der Waals surface area (Å²) in [5, 5.41) is 10.9. The highest BCUT2D eigenvalue weighted by Gasteiger charge is 1.92. The number of rotatable bonds is 4. The number of carboxylic acid groups (broad SMARTS) is 1. The van der Waals surface area contributed by atoms with Gasteiger partial charge in [-0.1, -0.05) is 0 Å². The lowest BCUT2D eigenvalue weighted by atomic mass is 10.3. The highest BCUT2D eigenvalue weighted by molar-refractivity contribution is 5.66. The Labute approximate surface area is 52.9 Å². The molecule has 1 atom stereocenters. The molecule has 0 aromatic rings. The van der Waals surface area contributed by atoms with Crippen LogP contribution in [0.2, 0.25) is 0 Å². The lowest BCUT2D eigenvalue weighted by molar-refractivity contribution is -0.137. The molecular weight excluding hydrogens is 106 g/mol. The van der Waals surface area contributed by atoms with Crippen LogP contribution in [0.1, 0.15) is 16.9 Å². The van der Waals surface area contributed by atoms with Crippen molar-refractivity contribution in [1.82, 2.24) is 5.32 Å². The molecule has 0 fully saturated rings. The Morgan fingerprint density at radius 2 is 2.62 bits per heavy atom. The Hall–Kier alpha value is -0.570. The molecule has 0 amide bonds. The summed E-state index contributed by atoms with van der Waals surface area (Å²) < 4.78 is 20.9. The second kappa shape index (κ2) is 4.59. The van der Waals surface area contributed by atoms with E-state index < -0.39 is 18.7 Å². The van der Waals surface area contributed by atoms with Gasteiger partial charge in [-0.3, -0.25) is 4.79 Å². The van der Waals surface area contributed by atoms with Gasteiger partial charge in [-0.25, -0.2) is 0 Å². The molecule has 0 saturated heterocycles. The third kappa shape index (κ3) is 5.43. The van der Waals surface area contributed by atoms with Gasteiger partial charge < -0.3 is 10.4 Å². The van der Waals surface area contributed by atoms with Gasteiger partial charge in [0.2, 0.25) is 0 Å². The van der Waals surface area contributed by atoms with Gasteiger partial charge >= 0.3 is 5.97 Å². The van der Waals surface area contributed by atoms with E-state index in [9.17, 15) is 4.79 Å². The topological polar surface area (TPSA) is 49.3 Å². The van der Waals surface area contributed by atoms with Crippen molar-refractivity contribution in [2.75, 3.05) is 13.6 Å². The highest BCUT2D eigenvalue weighted by atomic mass is 16.4. The smallest absolute Gasteiger partial charge is 0.303 e. The zero-order valence-corrected chi connectivity index (χ0v) is 4.64. The quantitative estimate of drug-likeness (QED) is 0.552. The van der Waals surface area contributed by atoms with E-state index in [1.165, 1.54) is 0 Å². The summed E-state index contributed by atoms with van der Waals surface area (Å²) in [5.74, 6) is -1.59. The normalized spacial score (nSPS) is 20.4. The van der Waals surface area contributed by atoms with Crippen LogP contribution < -0.4 is 5.32 Å². The fourth-order valence-electron chi connectivity index (χ4n) is 0.240. The fourth-order valence-corrected chi connectivity index (χ4v) is 0.240. The summed E-state index contributed by atoms with van der Waals surface area (Å²) in [4.78, 5) is 10.2. The average Bonchev–Trinajstić information content (AvgIpc) is 1.88. The minimum absolute atomic E-state index is 0.0271. The van der Waals surface area contributed by atoms with E-state index in [1.54, 1.807) is 7.05 Å². The summed E-state index contributed by atoms with van der Waals surface area (Å²) in [6.07, 6.45) is -3.74. The van der Waals surface area contributed by atoms with Crippen LogP contribution in [0.3, 0.4) is 0 Å². The van der Waals surface area contributed by atoms with Gasteiger partial charge in [-0.2, -0.15) is 0 Å². The molecule has 0 heterocycles. The number of carboxylic acids is 1. The van der Waals surface area contributed by atoms with E-state index in [4.69, 9.17) is 9.22 Å². The Kier molecular flexibility index (Phi) is 1.98. The Morgan fingerprint density at radius 1 is 2.00 bits per heavy atom. The minimum Gasteiger partial charge on any atom is -0.481 e. The van der Waals surface area contributed by atoms with Crippen molar-refractivity contribution in [3.05, 3.63) is 0 Å². The van der Waals surface area contributed by atoms with E-state index in [2.05, 4.69) is 5.32 Å². The third-order valence-electron chi connectivity index (χ3n) is 0.532. The van der Waals surface area contributed by atoms with Crippen molar-refractivity contribution in [3.63, 3.8) is 0 Å². The first-order valence-corrected chi connectivity index (χ1v) is 2.23. The standard InChI is InChI=1S/C5H11NO2/c1-6-4-2-3-5(7)8/h6H,2-4H2,1H3,(H,7,8)/i2D,3D2. The maximum atomic E-state index is 10.2. The Bertz CT molecular complexity index is 151. The molecule has 0 rings (SSSR count). The van der Waals surface area contributed by atoms with Crippen LogP contribution in [0.4, 0.5) is 0 Å². The van der Waals surface area contributed by atoms with Gasteiger partial charge in [0.15, 0.2) is 0 Å². The molecule has 0 radical (unpaired) electrons. The molecule has 0 spiro atoms. The lowest BCUT2D eigenvalue weighted by Crippen LogP contribution is -2.09. The molecule has 0 aromatic carbocycles. The van der Waals surface area contributed by atoms with E-state index in [1.807, 2.05) is 0 Å². The molecule has 0 aliphatic rings. The molecule has 1 unspecified atom stereocenters. The fraction of sp³-hybridized carbons (Fsp3) is 0.800. The molecule has 0 bridgehead atoms. The molecular formula is C5H11NO2. The van der Waals surface area contributed by atoms with Crippen molar-refractivity contribution >= 4 is 5.97 Å². The Morgan fingerprint density at radius 3 is 3.00 bits per heavy atom. The van der Waals surface area contributed by atoms with Crippen molar-refractivity contribution in [2.24, 2.45) is 0 Å². The summed E-state index contributed by atoms with van der Waals surface area (Å²) >= 11 is 0. The molecule has 8 heavy (non-hydrogen) atoms. The summed E-state index contributed by atoms with van der Waals surface area (Å²) in [6, 6.07) is 0. The number of hydrogen-bond donors (Lipinski definition) is 2. The first kappa shape index (κ1) is 3.45. The molecule has 0 aliphatic carbocycles. The first-order valence-electron chi connectivity index (χ1n) is 3.81.